The van der Waals surface area contributed by atoms with Crippen molar-refractivity contribution in [1.82, 2.24) is 9.97 Å². The molecule has 4 nitrogen and oxygen atoms in total. The highest BCUT2D eigenvalue weighted by molar-refractivity contribution is 7.90. The molecule has 0 aliphatic heterocycles. The van der Waals surface area contributed by atoms with E-state index in [1.165, 1.54) is 0 Å². The molecule has 1 aromatic heterocycles. The monoisotopic (exact) mass is 226 g/mol. The summed E-state index contributed by atoms with van der Waals surface area (Å²) in [5.41, 5.74) is -1.08. The van der Waals surface area contributed by atoms with Gasteiger partial charge < -0.3 is 0 Å². The van der Waals surface area contributed by atoms with Crippen LogP contribution in [0.5, 0.6) is 0 Å². The van der Waals surface area contributed by atoms with Crippen molar-refractivity contribution in [2.45, 2.75) is 11.3 Å². The zero-order chi connectivity index (χ0) is 11.0. The van der Waals surface area contributed by atoms with E-state index < -0.39 is 26.7 Å². The molecule has 0 aromatic carbocycles. The molecular weight excluding hydrogens is 221 g/mol. The van der Waals surface area contributed by atoms with Gasteiger partial charge in [0.1, 0.15) is 0 Å². The van der Waals surface area contributed by atoms with Gasteiger partial charge in [-0.05, 0) is 0 Å². The zero-order valence-corrected chi connectivity index (χ0v) is 7.72. The Bertz CT molecular complexity index is 423. The standard InChI is InChI=1S/C6H5F3N2O2S/c1-14(12,13)5-10-2-4(3-11-5)6(7,8)9/h2-3H,1H3. The molecule has 0 saturated carbocycles. The summed E-state index contributed by atoms with van der Waals surface area (Å²) in [7, 11) is -3.65. The molecule has 1 rings (SSSR count). The van der Waals surface area contributed by atoms with Crippen LogP contribution in [-0.4, -0.2) is 24.6 Å². The first-order valence-corrected chi connectivity index (χ1v) is 5.20. The number of hydrogen-bond acceptors (Lipinski definition) is 4. The van der Waals surface area contributed by atoms with Gasteiger partial charge in [-0.15, -0.1) is 0 Å². The minimum absolute atomic E-state index is 0.434. The van der Waals surface area contributed by atoms with Gasteiger partial charge >= 0.3 is 6.18 Å². The summed E-state index contributed by atoms with van der Waals surface area (Å²) in [4.78, 5) is 6.19. The third kappa shape index (κ3) is 2.41. The third-order valence-corrected chi connectivity index (χ3v) is 2.16. The van der Waals surface area contributed by atoms with E-state index >= 15 is 0 Å². The Morgan fingerprint density at radius 3 is 1.93 bits per heavy atom. The maximum atomic E-state index is 12.0. The molecule has 14 heavy (non-hydrogen) atoms. The van der Waals surface area contributed by atoms with Gasteiger partial charge in [0.2, 0.25) is 15.0 Å². The second kappa shape index (κ2) is 3.19. The van der Waals surface area contributed by atoms with Crippen LogP contribution in [0.15, 0.2) is 17.6 Å². The molecule has 0 spiro atoms. The Morgan fingerprint density at radius 1 is 1.21 bits per heavy atom. The van der Waals surface area contributed by atoms with Crippen LogP contribution in [0.4, 0.5) is 13.2 Å². The molecular formula is C6H5F3N2O2S. The lowest BCUT2D eigenvalue weighted by atomic mass is 10.3. The first-order valence-electron chi connectivity index (χ1n) is 3.30. The van der Waals surface area contributed by atoms with Crippen LogP contribution >= 0.6 is 0 Å². The van der Waals surface area contributed by atoms with Crippen molar-refractivity contribution in [1.29, 1.82) is 0 Å². The molecule has 0 unspecified atom stereocenters. The number of sulfone groups is 1. The van der Waals surface area contributed by atoms with Gasteiger partial charge in [0.05, 0.1) is 5.56 Å². The molecule has 1 heterocycles. The fourth-order valence-corrected chi connectivity index (χ4v) is 1.14. The van der Waals surface area contributed by atoms with Crippen molar-refractivity contribution >= 4 is 9.84 Å². The molecule has 0 bridgehead atoms. The molecule has 78 valence electrons. The predicted octanol–water partition coefficient (Wildman–Crippen LogP) is 0.899. The largest absolute Gasteiger partial charge is 0.419 e. The van der Waals surface area contributed by atoms with Gasteiger partial charge in [0, 0.05) is 18.6 Å². The number of aromatic nitrogens is 2. The van der Waals surface area contributed by atoms with Crippen molar-refractivity contribution in [3.05, 3.63) is 18.0 Å². The highest BCUT2D eigenvalue weighted by Gasteiger charge is 2.31. The van der Waals surface area contributed by atoms with Crippen molar-refractivity contribution in [3.63, 3.8) is 0 Å². The SMILES string of the molecule is CS(=O)(=O)c1ncc(C(F)(F)F)cn1. The van der Waals surface area contributed by atoms with Crippen LogP contribution in [0.3, 0.4) is 0 Å². The van der Waals surface area contributed by atoms with E-state index in [0.717, 1.165) is 6.26 Å². The molecule has 0 aliphatic carbocycles. The zero-order valence-electron chi connectivity index (χ0n) is 6.91. The maximum absolute atomic E-state index is 12.0. The summed E-state index contributed by atoms with van der Waals surface area (Å²) in [6.07, 6.45) is -2.88. The van der Waals surface area contributed by atoms with E-state index in [0.29, 0.717) is 12.4 Å². The van der Waals surface area contributed by atoms with Crippen molar-refractivity contribution in [2.24, 2.45) is 0 Å². The highest BCUT2D eigenvalue weighted by atomic mass is 32.2. The van der Waals surface area contributed by atoms with Gasteiger partial charge in [-0.1, -0.05) is 0 Å². The third-order valence-electron chi connectivity index (χ3n) is 1.29. The van der Waals surface area contributed by atoms with Crippen LogP contribution in [-0.2, 0) is 16.0 Å². The molecule has 0 saturated heterocycles. The minimum Gasteiger partial charge on any atom is -0.226 e. The Labute approximate surface area is 77.7 Å². The molecule has 0 atom stereocenters. The lowest BCUT2D eigenvalue weighted by Crippen LogP contribution is -2.09. The second-order valence-electron chi connectivity index (χ2n) is 2.52. The van der Waals surface area contributed by atoms with Gasteiger partial charge in [-0.2, -0.15) is 13.2 Å². The highest BCUT2D eigenvalue weighted by Crippen LogP contribution is 2.27. The van der Waals surface area contributed by atoms with E-state index in [1.54, 1.807) is 0 Å². The second-order valence-corrected chi connectivity index (χ2v) is 4.43. The molecule has 0 amide bonds. The normalized spacial score (nSPS) is 12.9. The van der Waals surface area contributed by atoms with E-state index in [9.17, 15) is 21.6 Å². The number of hydrogen-bond donors (Lipinski definition) is 0. The number of nitrogens with zero attached hydrogens (tertiary/aromatic N) is 2. The van der Waals surface area contributed by atoms with E-state index in [-0.39, 0.29) is 0 Å². The summed E-state index contributed by atoms with van der Waals surface area (Å²) in [6.45, 7) is 0. The van der Waals surface area contributed by atoms with Crippen LogP contribution in [0, 0.1) is 0 Å². The quantitative estimate of drug-likeness (QED) is 0.667. The number of halogens is 3. The molecule has 1 aromatic rings. The van der Waals surface area contributed by atoms with E-state index in [4.69, 9.17) is 0 Å². The van der Waals surface area contributed by atoms with Gasteiger partial charge in [-0.25, -0.2) is 18.4 Å². The molecule has 0 N–H and O–H groups in total. The maximum Gasteiger partial charge on any atom is 0.419 e. The minimum atomic E-state index is -4.56. The predicted molar refractivity (Wildman–Crippen MR) is 40.1 cm³/mol. The van der Waals surface area contributed by atoms with E-state index in [1.807, 2.05) is 0 Å². The summed E-state index contributed by atoms with van der Waals surface area (Å²) in [6, 6.07) is 0. The lowest BCUT2D eigenvalue weighted by molar-refractivity contribution is -0.138. The lowest BCUT2D eigenvalue weighted by Gasteiger charge is -2.04. The van der Waals surface area contributed by atoms with Gasteiger partial charge in [0.15, 0.2) is 0 Å². The molecule has 0 radical (unpaired) electrons. The van der Waals surface area contributed by atoms with Crippen LogP contribution in [0.25, 0.3) is 0 Å². The Kier molecular flexibility index (Phi) is 2.49. The number of alkyl halides is 3. The van der Waals surface area contributed by atoms with Crippen molar-refractivity contribution in [3.8, 4) is 0 Å². The summed E-state index contributed by atoms with van der Waals surface area (Å²) < 4.78 is 57.5. The van der Waals surface area contributed by atoms with Crippen LogP contribution in [0.2, 0.25) is 0 Å². The first-order chi connectivity index (χ1) is 6.21. The number of rotatable bonds is 1. The van der Waals surface area contributed by atoms with Gasteiger partial charge in [0.25, 0.3) is 0 Å². The Hall–Kier alpha value is -1.18. The van der Waals surface area contributed by atoms with Crippen LogP contribution in [0.1, 0.15) is 5.56 Å². The summed E-state index contributed by atoms with van der Waals surface area (Å²) in [5.74, 6) is 0. The fourth-order valence-electron chi connectivity index (χ4n) is 0.654. The molecule has 0 aliphatic rings. The summed E-state index contributed by atoms with van der Waals surface area (Å²) >= 11 is 0. The first kappa shape index (κ1) is 10.9. The van der Waals surface area contributed by atoms with Crippen LogP contribution < -0.4 is 0 Å². The fraction of sp³-hybridized carbons (Fsp3) is 0.333. The smallest absolute Gasteiger partial charge is 0.226 e. The Balaban J connectivity index is 3.14. The topological polar surface area (TPSA) is 59.9 Å². The van der Waals surface area contributed by atoms with Crippen molar-refractivity contribution < 1.29 is 21.6 Å². The van der Waals surface area contributed by atoms with Gasteiger partial charge in [-0.3, -0.25) is 0 Å². The average Bonchev–Trinajstić information content (AvgIpc) is 2.01. The molecule has 8 heteroatoms. The summed E-state index contributed by atoms with van der Waals surface area (Å²) in [5, 5.41) is -0.620. The Morgan fingerprint density at radius 2 is 1.64 bits per heavy atom. The average molecular weight is 226 g/mol. The van der Waals surface area contributed by atoms with Crippen molar-refractivity contribution in [2.75, 3.05) is 6.26 Å². The van der Waals surface area contributed by atoms with E-state index in [2.05, 4.69) is 9.97 Å². The molecule has 0 fully saturated rings.